The van der Waals surface area contributed by atoms with E-state index in [2.05, 4.69) is 48.8 Å². The molecule has 1 saturated heterocycles. The summed E-state index contributed by atoms with van der Waals surface area (Å²) in [5.74, 6) is 0.848. The molecule has 180 valence electrons. The number of benzene rings is 1. The van der Waals surface area contributed by atoms with Gasteiger partial charge in [0.25, 0.3) is 0 Å². The molecule has 0 spiro atoms. The van der Waals surface area contributed by atoms with Crippen molar-refractivity contribution in [1.29, 1.82) is 0 Å². The Kier molecular flexibility index (Phi) is 10.9. The van der Waals surface area contributed by atoms with Gasteiger partial charge in [0.1, 0.15) is 5.82 Å². The Morgan fingerprint density at radius 2 is 1.91 bits per heavy atom. The van der Waals surface area contributed by atoms with Crippen LogP contribution in [-0.2, 0) is 6.54 Å². The highest BCUT2D eigenvalue weighted by Crippen LogP contribution is 2.25. The Labute approximate surface area is 220 Å². The Morgan fingerprint density at radius 1 is 1.12 bits per heavy atom. The Hall–Kier alpha value is -1.19. The molecule has 0 saturated carbocycles. The maximum atomic E-state index is 12.3. The molecule has 2 heterocycles. The van der Waals surface area contributed by atoms with Crippen molar-refractivity contribution in [1.82, 2.24) is 19.5 Å². The van der Waals surface area contributed by atoms with Gasteiger partial charge in [-0.1, -0.05) is 42.1 Å². The fourth-order valence-corrected chi connectivity index (χ4v) is 4.56. The summed E-state index contributed by atoms with van der Waals surface area (Å²) in [6.07, 6.45) is 6.05. The lowest BCUT2D eigenvalue weighted by Crippen LogP contribution is -2.37. The van der Waals surface area contributed by atoms with E-state index in [1.165, 1.54) is 30.2 Å². The molecular weight excluding hydrogens is 545 g/mol. The molecule has 6 nitrogen and oxygen atoms in total. The quantitative estimate of drug-likeness (QED) is 0.259. The van der Waals surface area contributed by atoms with Gasteiger partial charge in [0.2, 0.25) is 0 Å². The number of carbonyl (C=O) groups is 1. The molecule has 0 atom stereocenters. The smallest absolute Gasteiger partial charge is 0.327 e. The van der Waals surface area contributed by atoms with E-state index >= 15 is 0 Å². The van der Waals surface area contributed by atoms with Crippen LogP contribution in [0.15, 0.2) is 41.0 Å². The summed E-state index contributed by atoms with van der Waals surface area (Å²) < 4.78 is 2.37. The second-order valence-electron chi connectivity index (χ2n) is 8.12. The first-order chi connectivity index (χ1) is 15.9. The van der Waals surface area contributed by atoms with Crippen molar-refractivity contribution < 1.29 is 4.79 Å². The zero-order valence-corrected chi connectivity index (χ0v) is 22.5. The molecule has 1 aliphatic rings. The highest BCUT2D eigenvalue weighted by Gasteiger charge is 2.14. The topological polar surface area (TPSA) is 51.7 Å². The third-order valence-corrected chi connectivity index (χ3v) is 7.14. The number of thiol groups is 1. The van der Waals surface area contributed by atoms with Crippen LogP contribution in [0, 0.1) is 0 Å². The first kappa shape index (κ1) is 26.4. The molecule has 1 aromatic carbocycles. The number of hydrogen-bond acceptors (Lipinski definition) is 5. The van der Waals surface area contributed by atoms with Crippen molar-refractivity contribution in [2.24, 2.45) is 0 Å². The maximum absolute atomic E-state index is 12.3. The van der Waals surface area contributed by atoms with Gasteiger partial charge in [-0.15, -0.1) is 0 Å². The molecule has 10 heteroatoms. The van der Waals surface area contributed by atoms with Crippen LogP contribution in [0.4, 0.5) is 10.6 Å². The molecule has 0 unspecified atom stereocenters. The summed E-state index contributed by atoms with van der Waals surface area (Å²) in [7, 11) is 0. The van der Waals surface area contributed by atoms with Gasteiger partial charge >= 0.3 is 6.03 Å². The normalized spacial score (nSPS) is 13.8. The highest BCUT2D eigenvalue weighted by atomic mass is 79.9. The van der Waals surface area contributed by atoms with E-state index in [1.54, 1.807) is 12.3 Å². The first-order valence-corrected chi connectivity index (χ1v) is 13.1. The van der Waals surface area contributed by atoms with Crippen LogP contribution < -0.4 is 10.2 Å². The van der Waals surface area contributed by atoms with Crippen LogP contribution in [0.3, 0.4) is 0 Å². The number of urea groups is 1. The summed E-state index contributed by atoms with van der Waals surface area (Å²) in [5, 5.41) is 4.02. The van der Waals surface area contributed by atoms with Crippen molar-refractivity contribution in [2.75, 3.05) is 44.2 Å². The number of nitrogens with one attached hydrogen (secondary N) is 1. The number of carbonyl (C=O) groups excluding carboxylic acids is 1. The molecule has 3 rings (SSSR count). The third-order valence-electron chi connectivity index (χ3n) is 5.55. The molecule has 1 fully saturated rings. The monoisotopic (exact) mass is 573 g/mol. The van der Waals surface area contributed by atoms with Crippen molar-refractivity contribution >= 4 is 63.8 Å². The van der Waals surface area contributed by atoms with Crippen molar-refractivity contribution in [3.05, 3.63) is 56.6 Å². The van der Waals surface area contributed by atoms with Crippen molar-refractivity contribution in [3.8, 4) is 0 Å². The molecule has 0 bridgehead atoms. The van der Waals surface area contributed by atoms with Crippen LogP contribution in [-0.4, -0.2) is 59.5 Å². The fraction of sp³-hybridized carbons (Fsp3) is 0.478. The number of pyridine rings is 1. The molecule has 1 aromatic heterocycles. The molecule has 1 aliphatic heterocycles. The van der Waals surface area contributed by atoms with E-state index < -0.39 is 0 Å². The molecule has 0 aliphatic carbocycles. The number of nitrogens with zero attached hydrogens (tertiary/aromatic N) is 4. The summed E-state index contributed by atoms with van der Waals surface area (Å²) in [6, 6.07) is 9.41. The minimum atomic E-state index is -0.155. The SMILES string of the molecule is O=C(NCCCN1CCCC1)N(S)CCCN(Cc1ccc(Cl)c(Cl)c1)c1ccc(Br)cn1. The van der Waals surface area contributed by atoms with Crippen LogP contribution in [0.2, 0.25) is 10.0 Å². The molecule has 2 aromatic rings. The zero-order chi connectivity index (χ0) is 23.6. The van der Waals surface area contributed by atoms with E-state index in [0.717, 1.165) is 35.2 Å². The van der Waals surface area contributed by atoms with E-state index in [0.29, 0.717) is 36.2 Å². The van der Waals surface area contributed by atoms with Gasteiger partial charge in [-0.25, -0.2) is 9.78 Å². The largest absolute Gasteiger partial charge is 0.352 e. The lowest BCUT2D eigenvalue weighted by atomic mass is 10.2. The average molecular weight is 575 g/mol. The summed E-state index contributed by atoms with van der Waals surface area (Å²) in [4.78, 5) is 21.5. The lowest BCUT2D eigenvalue weighted by molar-refractivity contribution is 0.225. The summed E-state index contributed by atoms with van der Waals surface area (Å²) in [5.41, 5.74) is 1.03. The van der Waals surface area contributed by atoms with Gasteiger partial charge in [-0.2, -0.15) is 0 Å². The number of aromatic nitrogens is 1. The molecule has 33 heavy (non-hydrogen) atoms. The number of hydrogen-bond donors (Lipinski definition) is 2. The van der Waals surface area contributed by atoms with E-state index in [-0.39, 0.29) is 6.03 Å². The predicted molar refractivity (Wildman–Crippen MR) is 143 cm³/mol. The van der Waals surface area contributed by atoms with Crippen LogP contribution >= 0.6 is 51.9 Å². The van der Waals surface area contributed by atoms with Crippen LogP contribution in [0.25, 0.3) is 0 Å². The zero-order valence-electron chi connectivity index (χ0n) is 18.5. The standard InChI is InChI=1S/C23H30BrCl2N5OS/c24-19-6-8-22(28-16-19)30(17-18-5-7-20(25)21(26)15-18)13-4-14-31(33)23(32)27-9-3-12-29-10-1-2-11-29/h5-8,15-16,33H,1-4,9-14,17H2,(H,27,32). The van der Waals surface area contributed by atoms with Crippen molar-refractivity contribution in [3.63, 3.8) is 0 Å². The number of likely N-dealkylation sites (tertiary alicyclic amines) is 1. The highest BCUT2D eigenvalue weighted by molar-refractivity contribution is 9.10. The first-order valence-electron chi connectivity index (χ1n) is 11.2. The second-order valence-corrected chi connectivity index (χ2v) is 10.3. The number of amides is 2. The average Bonchev–Trinajstić information content (AvgIpc) is 3.32. The van der Waals surface area contributed by atoms with E-state index in [9.17, 15) is 4.79 Å². The van der Waals surface area contributed by atoms with E-state index in [4.69, 9.17) is 23.2 Å². The molecule has 0 radical (unpaired) electrons. The van der Waals surface area contributed by atoms with Crippen molar-refractivity contribution in [2.45, 2.75) is 32.2 Å². The van der Waals surface area contributed by atoms with Gasteiger partial charge in [0.05, 0.1) is 10.0 Å². The molecular formula is C23H30BrCl2N5OS. The fourth-order valence-electron chi connectivity index (χ4n) is 3.80. The molecule has 1 N–H and O–H groups in total. The van der Waals surface area contributed by atoms with Crippen LogP contribution in [0.5, 0.6) is 0 Å². The maximum Gasteiger partial charge on any atom is 0.327 e. The van der Waals surface area contributed by atoms with Gasteiger partial charge in [-0.3, -0.25) is 4.31 Å². The van der Waals surface area contributed by atoms with E-state index in [1.807, 2.05) is 24.3 Å². The minimum Gasteiger partial charge on any atom is -0.352 e. The van der Waals surface area contributed by atoms with Gasteiger partial charge in [0, 0.05) is 36.8 Å². The third kappa shape index (κ3) is 8.83. The van der Waals surface area contributed by atoms with Crippen LogP contribution in [0.1, 0.15) is 31.2 Å². The predicted octanol–water partition coefficient (Wildman–Crippen LogP) is 5.89. The number of anilines is 1. The number of halogens is 3. The number of rotatable bonds is 11. The Bertz CT molecular complexity index is 899. The summed E-state index contributed by atoms with van der Waals surface area (Å²) in [6.45, 7) is 5.91. The Balaban J connectivity index is 1.47. The Morgan fingerprint density at radius 3 is 2.61 bits per heavy atom. The van der Waals surface area contributed by atoms with Gasteiger partial charge < -0.3 is 15.1 Å². The second kappa shape index (κ2) is 13.6. The summed E-state index contributed by atoms with van der Waals surface area (Å²) >= 11 is 20.1. The van der Waals surface area contributed by atoms with Gasteiger partial charge in [-0.05, 0) is 91.1 Å². The molecule has 2 amide bonds. The lowest BCUT2D eigenvalue weighted by Gasteiger charge is -2.25. The minimum absolute atomic E-state index is 0.155. The van der Waals surface area contributed by atoms with Gasteiger partial charge in [0.15, 0.2) is 0 Å².